The largest absolute Gasteiger partial charge is 0.312 e. The highest BCUT2D eigenvalue weighted by atomic mass is 32.1. The summed E-state index contributed by atoms with van der Waals surface area (Å²) >= 11 is 1.86. The van der Waals surface area contributed by atoms with Gasteiger partial charge in [0, 0.05) is 34.6 Å². The summed E-state index contributed by atoms with van der Waals surface area (Å²) in [6.45, 7) is 2.22. The summed E-state index contributed by atoms with van der Waals surface area (Å²) in [6.07, 6.45) is 6.36. The third-order valence-corrected chi connectivity index (χ3v) is 4.13. The van der Waals surface area contributed by atoms with Crippen molar-refractivity contribution in [3.05, 3.63) is 29.4 Å². The van der Waals surface area contributed by atoms with Gasteiger partial charge in [-0.15, -0.1) is 11.3 Å². The molecule has 0 bridgehead atoms. The highest BCUT2D eigenvalue weighted by Crippen LogP contribution is 2.32. The first-order valence-corrected chi connectivity index (χ1v) is 6.82. The fraction of sp³-hybridized carbons (Fsp3) is 0.462. The van der Waals surface area contributed by atoms with Crippen LogP contribution in [0, 0.1) is 0 Å². The van der Waals surface area contributed by atoms with Crippen LogP contribution in [0.1, 0.15) is 30.7 Å². The molecule has 0 aromatic carbocycles. The predicted molar refractivity (Wildman–Crippen MR) is 73.2 cm³/mol. The molecule has 0 amide bonds. The van der Waals surface area contributed by atoms with Gasteiger partial charge in [0.15, 0.2) is 0 Å². The van der Waals surface area contributed by atoms with Gasteiger partial charge in [0.1, 0.15) is 0 Å². The first-order valence-electron chi connectivity index (χ1n) is 6.00. The number of aromatic nitrogens is 2. The molecule has 2 aromatic rings. The van der Waals surface area contributed by atoms with Gasteiger partial charge < -0.3 is 5.32 Å². The number of nitrogens with one attached hydrogen (secondary N) is 1. The second-order valence-electron chi connectivity index (χ2n) is 4.23. The average molecular weight is 249 g/mol. The molecule has 0 saturated carbocycles. The molecule has 1 N–H and O–H groups in total. The molecular weight excluding hydrogens is 230 g/mol. The second-order valence-corrected chi connectivity index (χ2v) is 5.35. The highest BCUT2D eigenvalue weighted by molar-refractivity contribution is 7.15. The number of nitrogens with zero attached hydrogens (tertiary/aromatic N) is 2. The van der Waals surface area contributed by atoms with E-state index in [0.717, 1.165) is 0 Å². The monoisotopic (exact) mass is 249 g/mol. The third-order valence-electron chi connectivity index (χ3n) is 2.89. The van der Waals surface area contributed by atoms with E-state index >= 15 is 0 Å². The van der Waals surface area contributed by atoms with E-state index in [1.807, 2.05) is 36.3 Å². The van der Waals surface area contributed by atoms with Gasteiger partial charge in [-0.2, -0.15) is 5.10 Å². The Bertz CT molecular complexity index is 472. The van der Waals surface area contributed by atoms with Crippen molar-refractivity contribution in [1.29, 1.82) is 0 Å². The molecule has 4 heteroatoms. The zero-order valence-corrected chi connectivity index (χ0v) is 11.4. The van der Waals surface area contributed by atoms with Crippen LogP contribution in [0.5, 0.6) is 0 Å². The minimum atomic E-state index is 0.482. The Hall–Kier alpha value is -1.13. The molecule has 0 radical (unpaired) electrons. The lowest BCUT2D eigenvalue weighted by Crippen LogP contribution is -2.14. The average Bonchev–Trinajstić information content (AvgIpc) is 2.94. The maximum Gasteiger partial charge on any atom is 0.0576 e. The van der Waals surface area contributed by atoms with Gasteiger partial charge in [0.25, 0.3) is 0 Å². The minimum absolute atomic E-state index is 0.482. The second kappa shape index (κ2) is 5.47. The van der Waals surface area contributed by atoms with E-state index in [1.54, 1.807) is 0 Å². The maximum atomic E-state index is 4.21. The standard InChI is InChI=1S/C13H19N3S/c1-4-5-11(14-2)13-7-6-12(17-13)10-8-15-16(3)9-10/h6-9,11,14H,4-5H2,1-3H3. The number of hydrogen-bond acceptors (Lipinski definition) is 3. The van der Waals surface area contributed by atoms with Crippen LogP contribution in [-0.4, -0.2) is 16.8 Å². The molecule has 0 saturated heterocycles. The molecule has 1 atom stereocenters. The quantitative estimate of drug-likeness (QED) is 0.882. The summed E-state index contributed by atoms with van der Waals surface area (Å²) in [5.74, 6) is 0. The summed E-state index contributed by atoms with van der Waals surface area (Å²) in [6, 6.07) is 4.90. The molecule has 0 aliphatic rings. The lowest BCUT2D eigenvalue weighted by atomic mass is 10.1. The first kappa shape index (κ1) is 12.3. The van der Waals surface area contributed by atoms with E-state index in [0.29, 0.717) is 6.04 Å². The van der Waals surface area contributed by atoms with Crippen molar-refractivity contribution in [2.45, 2.75) is 25.8 Å². The third kappa shape index (κ3) is 2.76. The molecule has 0 aliphatic heterocycles. The molecule has 2 rings (SSSR count). The van der Waals surface area contributed by atoms with Crippen molar-refractivity contribution in [3.63, 3.8) is 0 Å². The predicted octanol–water partition coefficient (Wildman–Crippen LogP) is 3.21. The van der Waals surface area contributed by atoms with Crippen LogP contribution >= 0.6 is 11.3 Å². The van der Waals surface area contributed by atoms with Crippen LogP contribution in [0.2, 0.25) is 0 Å². The Kier molecular flexibility index (Phi) is 3.97. The van der Waals surface area contributed by atoms with Gasteiger partial charge >= 0.3 is 0 Å². The van der Waals surface area contributed by atoms with Gasteiger partial charge in [-0.25, -0.2) is 0 Å². The van der Waals surface area contributed by atoms with E-state index in [2.05, 4.69) is 35.7 Å². The Morgan fingerprint density at radius 2 is 2.29 bits per heavy atom. The summed E-state index contributed by atoms with van der Waals surface area (Å²) in [7, 11) is 3.98. The number of rotatable bonds is 5. The summed E-state index contributed by atoms with van der Waals surface area (Å²) in [4.78, 5) is 2.71. The van der Waals surface area contributed by atoms with Crippen LogP contribution in [0.4, 0.5) is 0 Å². The smallest absolute Gasteiger partial charge is 0.0576 e. The molecule has 1 unspecified atom stereocenters. The van der Waals surface area contributed by atoms with E-state index in [4.69, 9.17) is 0 Å². The van der Waals surface area contributed by atoms with E-state index in [9.17, 15) is 0 Å². The Labute approximate surface area is 106 Å². The number of aryl methyl sites for hydroxylation is 1. The van der Waals surface area contributed by atoms with Crippen molar-refractivity contribution >= 4 is 11.3 Å². The SMILES string of the molecule is CCCC(NC)c1ccc(-c2cnn(C)c2)s1. The summed E-state index contributed by atoms with van der Waals surface area (Å²) in [5.41, 5.74) is 1.20. The topological polar surface area (TPSA) is 29.9 Å². The van der Waals surface area contributed by atoms with E-state index in [1.165, 1.54) is 28.2 Å². The van der Waals surface area contributed by atoms with E-state index < -0.39 is 0 Å². The molecule has 0 aliphatic carbocycles. The van der Waals surface area contributed by atoms with Crippen LogP contribution in [0.15, 0.2) is 24.5 Å². The van der Waals surface area contributed by atoms with Crippen LogP contribution in [0.3, 0.4) is 0 Å². The van der Waals surface area contributed by atoms with Crippen LogP contribution < -0.4 is 5.32 Å². The summed E-state index contributed by atoms with van der Waals surface area (Å²) in [5, 5.41) is 7.59. The Balaban J connectivity index is 2.20. The molecule has 0 fully saturated rings. The van der Waals surface area contributed by atoms with Crippen molar-refractivity contribution in [2.75, 3.05) is 7.05 Å². The van der Waals surface area contributed by atoms with Crippen LogP contribution in [0.25, 0.3) is 10.4 Å². The minimum Gasteiger partial charge on any atom is -0.312 e. The van der Waals surface area contributed by atoms with Gasteiger partial charge in [-0.1, -0.05) is 13.3 Å². The Morgan fingerprint density at radius 1 is 1.47 bits per heavy atom. The van der Waals surface area contributed by atoms with E-state index in [-0.39, 0.29) is 0 Å². The highest BCUT2D eigenvalue weighted by Gasteiger charge is 2.12. The lowest BCUT2D eigenvalue weighted by Gasteiger charge is -2.12. The van der Waals surface area contributed by atoms with Crippen molar-refractivity contribution in [3.8, 4) is 10.4 Å². The number of thiophene rings is 1. The van der Waals surface area contributed by atoms with Crippen molar-refractivity contribution in [2.24, 2.45) is 7.05 Å². The van der Waals surface area contributed by atoms with Crippen molar-refractivity contribution < 1.29 is 0 Å². The van der Waals surface area contributed by atoms with Gasteiger partial charge in [0.05, 0.1) is 6.20 Å². The molecule has 2 aromatic heterocycles. The zero-order valence-electron chi connectivity index (χ0n) is 10.6. The molecule has 2 heterocycles. The fourth-order valence-electron chi connectivity index (χ4n) is 1.96. The number of hydrogen-bond donors (Lipinski definition) is 1. The van der Waals surface area contributed by atoms with Crippen molar-refractivity contribution in [1.82, 2.24) is 15.1 Å². The summed E-state index contributed by atoms with van der Waals surface area (Å²) < 4.78 is 1.84. The molecular formula is C13H19N3S. The first-order chi connectivity index (χ1) is 8.24. The lowest BCUT2D eigenvalue weighted by molar-refractivity contribution is 0.550. The van der Waals surface area contributed by atoms with Gasteiger partial charge in [-0.05, 0) is 25.6 Å². The van der Waals surface area contributed by atoms with Gasteiger partial charge in [0.2, 0.25) is 0 Å². The van der Waals surface area contributed by atoms with Gasteiger partial charge in [-0.3, -0.25) is 4.68 Å². The molecule has 92 valence electrons. The fourth-order valence-corrected chi connectivity index (χ4v) is 3.09. The molecule has 17 heavy (non-hydrogen) atoms. The Morgan fingerprint density at radius 3 is 2.88 bits per heavy atom. The maximum absolute atomic E-state index is 4.21. The zero-order chi connectivity index (χ0) is 12.3. The molecule has 3 nitrogen and oxygen atoms in total. The molecule has 0 spiro atoms. The normalized spacial score (nSPS) is 12.9. The van der Waals surface area contributed by atoms with Crippen LogP contribution in [-0.2, 0) is 7.05 Å².